The van der Waals surface area contributed by atoms with Crippen molar-refractivity contribution < 1.29 is 50.6 Å². The van der Waals surface area contributed by atoms with E-state index in [0.717, 1.165) is 5.32 Å². The van der Waals surface area contributed by atoms with Crippen molar-refractivity contribution in [2.75, 3.05) is 13.7 Å². The summed E-state index contributed by atoms with van der Waals surface area (Å²) in [4.78, 5) is 52.4. The SMILES string of the molecule is COc1ccc(C(NC(=O)C(Cc2ccccc2)Oc2cc(Cl)cc(Cl)c2)C(=O)NC(C(=O)C(F)(F)C(=O)NCC(F)(F)F)C(C)C)cc1. The summed E-state index contributed by atoms with van der Waals surface area (Å²) in [5.41, 5.74) is 0.790. The van der Waals surface area contributed by atoms with Crippen molar-refractivity contribution in [3.63, 3.8) is 0 Å². The van der Waals surface area contributed by atoms with Crippen molar-refractivity contribution in [1.82, 2.24) is 16.0 Å². The molecule has 0 aliphatic rings. The molecule has 9 nitrogen and oxygen atoms in total. The lowest BCUT2D eigenvalue weighted by atomic mass is 9.94. The van der Waals surface area contributed by atoms with Gasteiger partial charge in [-0.25, -0.2) is 0 Å². The molecule has 0 bridgehead atoms. The summed E-state index contributed by atoms with van der Waals surface area (Å²) >= 11 is 12.2. The molecule has 0 fully saturated rings. The van der Waals surface area contributed by atoms with Gasteiger partial charge < -0.3 is 25.4 Å². The van der Waals surface area contributed by atoms with Crippen LogP contribution in [0.15, 0.2) is 72.8 Å². The molecule has 264 valence electrons. The molecule has 3 N–H and O–H groups in total. The van der Waals surface area contributed by atoms with Gasteiger partial charge in [-0.15, -0.1) is 0 Å². The van der Waals surface area contributed by atoms with Gasteiger partial charge in [0.25, 0.3) is 11.8 Å². The smallest absolute Gasteiger partial charge is 0.405 e. The van der Waals surface area contributed by atoms with Gasteiger partial charge in [-0.2, -0.15) is 22.0 Å². The second-order valence-electron chi connectivity index (χ2n) is 11.1. The first-order valence-corrected chi connectivity index (χ1v) is 15.4. The molecule has 0 aliphatic heterocycles. The molecule has 49 heavy (non-hydrogen) atoms. The number of hydrogen-bond acceptors (Lipinski definition) is 6. The number of alkyl halides is 5. The third-order valence-electron chi connectivity index (χ3n) is 6.96. The first kappa shape index (κ1) is 39.0. The van der Waals surface area contributed by atoms with Crippen LogP contribution in [0.2, 0.25) is 10.0 Å². The van der Waals surface area contributed by atoms with Gasteiger partial charge in [-0.05, 0) is 47.4 Å². The summed E-state index contributed by atoms with van der Waals surface area (Å²) in [6, 6.07) is 15.0. The maximum atomic E-state index is 14.8. The quantitative estimate of drug-likeness (QED) is 0.133. The minimum Gasteiger partial charge on any atom is -0.497 e. The summed E-state index contributed by atoms with van der Waals surface area (Å²) in [6.45, 7) is 0.438. The van der Waals surface area contributed by atoms with Crippen molar-refractivity contribution in [3.05, 3.63) is 94.0 Å². The highest BCUT2D eigenvalue weighted by atomic mass is 35.5. The van der Waals surface area contributed by atoms with Gasteiger partial charge in [0.05, 0.1) is 13.2 Å². The van der Waals surface area contributed by atoms with Gasteiger partial charge in [0.2, 0.25) is 11.7 Å². The number of benzene rings is 3. The molecular weight excluding hydrogens is 700 g/mol. The lowest BCUT2D eigenvalue weighted by Crippen LogP contribution is -2.58. The molecule has 0 aliphatic carbocycles. The molecule has 0 saturated heterocycles. The zero-order chi connectivity index (χ0) is 36.5. The predicted molar refractivity (Wildman–Crippen MR) is 171 cm³/mol. The molecule has 0 heterocycles. The minimum absolute atomic E-state index is 0.0138. The van der Waals surface area contributed by atoms with Gasteiger partial charge >= 0.3 is 12.1 Å². The van der Waals surface area contributed by atoms with Crippen LogP contribution >= 0.6 is 23.2 Å². The normalized spacial score (nSPS) is 13.5. The van der Waals surface area contributed by atoms with E-state index in [4.69, 9.17) is 32.7 Å². The maximum Gasteiger partial charge on any atom is 0.405 e. The number of carbonyl (C=O) groups is 4. The minimum atomic E-state index is -5.02. The van der Waals surface area contributed by atoms with Gasteiger partial charge in [0.15, 0.2) is 6.10 Å². The summed E-state index contributed by atoms with van der Waals surface area (Å²) in [5.74, 6) is -12.2. The number of nitrogens with one attached hydrogen (secondary N) is 3. The average molecular weight is 733 g/mol. The van der Waals surface area contributed by atoms with Crippen LogP contribution in [-0.2, 0) is 25.6 Å². The Hall–Kier alpha value is -4.43. The third-order valence-corrected chi connectivity index (χ3v) is 7.40. The number of amides is 3. The molecule has 3 amide bonds. The summed E-state index contributed by atoms with van der Waals surface area (Å²) < 4.78 is 78.4. The van der Waals surface area contributed by atoms with E-state index in [2.05, 4.69) is 10.6 Å². The van der Waals surface area contributed by atoms with Gasteiger partial charge in [0, 0.05) is 16.5 Å². The van der Waals surface area contributed by atoms with E-state index in [-0.39, 0.29) is 27.8 Å². The van der Waals surface area contributed by atoms with Gasteiger partial charge in [-0.1, -0.05) is 79.5 Å². The molecule has 16 heteroatoms. The maximum absolute atomic E-state index is 14.8. The fourth-order valence-electron chi connectivity index (χ4n) is 4.48. The highest BCUT2D eigenvalue weighted by molar-refractivity contribution is 6.34. The summed E-state index contributed by atoms with van der Waals surface area (Å²) in [7, 11) is 1.39. The zero-order valence-electron chi connectivity index (χ0n) is 26.2. The van der Waals surface area contributed by atoms with Crippen LogP contribution in [0.1, 0.15) is 31.0 Å². The molecule has 0 aromatic heterocycles. The second kappa shape index (κ2) is 16.8. The van der Waals surface area contributed by atoms with Crippen molar-refractivity contribution in [3.8, 4) is 11.5 Å². The number of ketones is 1. The Morgan fingerprint density at radius 1 is 0.796 bits per heavy atom. The van der Waals surface area contributed by atoms with Crippen LogP contribution in [0.3, 0.4) is 0 Å². The molecule has 3 unspecified atom stereocenters. The van der Waals surface area contributed by atoms with Crippen molar-refractivity contribution in [2.24, 2.45) is 5.92 Å². The topological polar surface area (TPSA) is 123 Å². The molecule has 3 atom stereocenters. The first-order valence-electron chi connectivity index (χ1n) is 14.6. The van der Waals surface area contributed by atoms with E-state index in [1.165, 1.54) is 63.4 Å². The monoisotopic (exact) mass is 731 g/mol. The Balaban J connectivity index is 1.95. The second-order valence-corrected chi connectivity index (χ2v) is 12.0. The lowest BCUT2D eigenvalue weighted by Gasteiger charge is -2.28. The van der Waals surface area contributed by atoms with E-state index in [1.807, 2.05) is 0 Å². The number of Topliss-reactive ketones (excluding diaryl/α,β-unsaturated/α-hetero) is 1. The van der Waals surface area contributed by atoms with E-state index in [1.54, 1.807) is 30.3 Å². The molecule has 0 saturated carbocycles. The molecule has 0 spiro atoms. The Morgan fingerprint density at radius 3 is 1.92 bits per heavy atom. The molecule has 3 aromatic rings. The van der Waals surface area contributed by atoms with Crippen LogP contribution in [0.4, 0.5) is 22.0 Å². The van der Waals surface area contributed by atoms with E-state index in [0.29, 0.717) is 11.3 Å². The first-order chi connectivity index (χ1) is 22.9. The number of ether oxygens (including phenoxy) is 2. The zero-order valence-corrected chi connectivity index (χ0v) is 27.8. The summed E-state index contributed by atoms with van der Waals surface area (Å²) in [5, 5.41) is 6.09. The Labute approximate surface area is 288 Å². The third kappa shape index (κ3) is 11.3. The van der Waals surface area contributed by atoms with Crippen LogP contribution in [0.5, 0.6) is 11.5 Å². The van der Waals surface area contributed by atoms with Crippen LogP contribution in [-0.4, -0.2) is 61.4 Å². The van der Waals surface area contributed by atoms with Crippen LogP contribution in [0.25, 0.3) is 0 Å². The van der Waals surface area contributed by atoms with E-state index >= 15 is 0 Å². The van der Waals surface area contributed by atoms with E-state index in [9.17, 15) is 41.1 Å². The average Bonchev–Trinajstić information content (AvgIpc) is 3.03. The number of carbonyl (C=O) groups excluding carboxylic acids is 4. The van der Waals surface area contributed by atoms with E-state index < -0.39 is 66.3 Å². The largest absolute Gasteiger partial charge is 0.497 e. The molecule has 3 aromatic carbocycles. The lowest BCUT2D eigenvalue weighted by molar-refractivity contribution is -0.165. The van der Waals surface area contributed by atoms with Crippen LogP contribution in [0, 0.1) is 5.92 Å². The highest BCUT2D eigenvalue weighted by Gasteiger charge is 2.52. The number of hydrogen-bond donors (Lipinski definition) is 3. The highest BCUT2D eigenvalue weighted by Crippen LogP contribution is 2.27. The van der Waals surface area contributed by atoms with Crippen molar-refractivity contribution >= 4 is 46.7 Å². The van der Waals surface area contributed by atoms with Gasteiger partial charge in [0.1, 0.15) is 24.1 Å². The standard InChI is InChI=1S/C33H32Cl2F5N3O6/c1-18(2)26(28(44)33(39,40)31(47)41-17-32(36,37)38)42-30(46)27(20-9-11-23(48-3)12-10-20)43-29(45)25(13-19-7-5-4-6-8-19)49-24-15-21(34)14-22(35)16-24/h4-12,14-16,18,25-27H,13,17H2,1-3H3,(H,41,47)(H,42,46)(H,43,45). The number of rotatable bonds is 15. The fraction of sp³-hybridized carbons (Fsp3) is 0.333. The predicted octanol–water partition coefficient (Wildman–Crippen LogP) is 5.87. The molecule has 3 rings (SSSR count). The van der Waals surface area contributed by atoms with Crippen molar-refractivity contribution in [1.29, 1.82) is 0 Å². The van der Waals surface area contributed by atoms with Gasteiger partial charge in [-0.3, -0.25) is 19.2 Å². The number of halogens is 7. The van der Waals surface area contributed by atoms with Crippen LogP contribution < -0.4 is 25.4 Å². The molecular formula is C33H32Cl2F5N3O6. The fourth-order valence-corrected chi connectivity index (χ4v) is 4.98. The Kier molecular flexibility index (Phi) is 13.4. The van der Waals surface area contributed by atoms with Crippen molar-refractivity contribution in [2.45, 2.75) is 50.6 Å². The Bertz CT molecular complexity index is 1600. The Morgan fingerprint density at radius 2 is 1.39 bits per heavy atom. The molecule has 0 radical (unpaired) electrons. The summed E-state index contributed by atoms with van der Waals surface area (Å²) in [6.07, 6.45) is -6.35. The number of methoxy groups -OCH3 is 1.